The second kappa shape index (κ2) is 10.3. The first-order valence-electron chi connectivity index (χ1n) is 9.16. The minimum absolute atomic E-state index is 0.0467. The van der Waals surface area contributed by atoms with Crippen molar-refractivity contribution in [3.63, 3.8) is 0 Å². The second-order valence-electron chi connectivity index (χ2n) is 6.21. The average molecular weight is 350 g/mol. The van der Waals surface area contributed by atoms with Crippen LogP contribution in [0.15, 0.2) is 18.2 Å². The van der Waals surface area contributed by atoms with E-state index in [0.29, 0.717) is 33.0 Å². The molecule has 6 heteroatoms. The fraction of sp³-hybridized carbons (Fsp3) is 0.632. The van der Waals surface area contributed by atoms with Crippen molar-refractivity contribution in [3.05, 3.63) is 23.8 Å². The maximum Gasteiger partial charge on any atom is 0.240 e. The van der Waals surface area contributed by atoms with E-state index in [-0.39, 0.29) is 18.0 Å². The first kappa shape index (κ1) is 19.5. The van der Waals surface area contributed by atoms with Gasteiger partial charge in [0.05, 0.1) is 32.5 Å². The lowest BCUT2D eigenvalue weighted by molar-refractivity contribution is -0.126. The third kappa shape index (κ3) is 5.90. The molecule has 0 spiro atoms. The summed E-state index contributed by atoms with van der Waals surface area (Å²) in [5, 5.41) is 6.20. The summed E-state index contributed by atoms with van der Waals surface area (Å²) in [4.78, 5) is 12.3. The lowest BCUT2D eigenvalue weighted by Crippen LogP contribution is -2.51. The van der Waals surface area contributed by atoms with Crippen LogP contribution >= 0.6 is 0 Å². The molecule has 1 saturated heterocycles. The second-order valence-corrected chi connectivity index (χ2v) is 6.21. The zero-order valence-electron chi connectivity index (χ0n) is 15.5. The summed E-state index contributed by atoms with van der Waals surface area (Å²) < 4.78 is 16.9. The monoisotopic (exact) mass is 350 g/mol. The Morgan fingerprint density at radius 3 is 2.64 bits per heavy atom. The molecule has 1 aliphatic rings. The Bertz CT molecular complexity index is 544. The van der Waals surface area contributed by atoms with Crippen LogP contribution in [0.2, 0.25) is 0 Å². The molecule has 0 radical (unpaired) electrons. The van der Waals surface area contributed by atoms with Gasteiger partial charge in [0, 0.05) is 6.54 Å². The predicted molar refractivity (Wildman–Crippen MR) is 97.2 cm³/mol. The van der Waals surface area contributed by atoms with Gasteiger partial charge in [-0.05, 0) is 37.5 Å². The zero-order valence-corrected chi connectivity index (χ0v) is 15.5. The molecule has 1 fully saturated rings. The number of carbonyl (C=O) groups is 1. The topological polar surface area (TPSA) is 68.8 Å². The average Bonchev–Trinajstić information content (AvgIpc) is 2.65. The molecule has 1 heterocycles. The van der Waals surface area contributed by atoms with Gasteiger partial charge in [-0.1, -0.05) is 19.9 Å². The number of ether oxygens (including phenoxy) is 3. The van der Waals surface area contributed by atoms with Gasteiger partial charge in [-0.15, -0.1) is 0 Å². The van der Waals surface area contributed by atoms with Crippen LogP contribution < -0.4 is 20.1 Å². The summed E-state index contributed by atoms with van der Waals surface area (Å²) in [5.41, 5.74) is 0.986. The molecule has 1 aromatic rings. The van der Waals surface area contributed by atoms with Crippen LogP contribution in [0.1, 0.15) is 45.2 Å². The molecular weight excluding hydrogens is 320 g/mol. The van der Waals surface area contributed by atoms with Crippen molar-refractivity contribution in [2.75, 3.05) is 33.0 Å². The maximum absolute atomic E-state index is 12.3. The quantitative estimate of drug-likeness (QED) is 0.716. The van der Waals surface area contributed by atoms with E-state index in [4.69, 9.17) is 14.2 Å². The molecule has 140 valence electrons. The normalized spacial score (nSPS) is 18.4. The van der Waals surface area contributed by atoms with Crippen LogP contribution in [0.3, 0.4) is 0 Å². The van der Waals surface area contributed by atoms with Crippen molar-refractivity contribution < 1.29 is 19.0 Å². The summed E-state index contributed by atoms with van der Waals surface area (Å²) in [6, 6.07) is 5.43. The highest BCUT2D eigenvalue weighted by Crippen LogP contribution is 2.31. The van der Waals surface area contributed by atoms with E-state index >= 15 is 0 Å². The number of amides is 1. The van der Waals surface area contributed by atoms with Crippen LogP contribution in [0.4, 0.5) is 0 Å². The van der Waals surface area contributed by atoms with Crippen LogP contribution in [0.5, 0.6) is 11.5 Å². The highest BCUT2D eigenvalue weighted by atomic mass is 16.5. The van der Waals surface area contributed by atoms with Crippen molar-refractivity contribution >= 4 is 5.91 Å². The minimum Gasteiger partial charge on any atom is -0.490 e. The Morgan fingerprint density at radius 1 is 1.28 bits per heavy atom. The summed E-state index contributed by atoms with van der Waals surface area (Å²) in [5.74, 6) is 1.43. The maximum atomic E-state index is 12.3. The van der Waals surface area contributed by atoms with Crippen molar-refractivity contribution in [1.29, 1.82) is 0 Å². The van der Waals surface area contributed by atoms with Crippen LogP contribution in [0.25, 0.3) is 0 Å². The van der Waals surface area contributed by atoms with Crippen molar-refractivity contribution in [1.82, 2.24) is 10.6 Å². The van der Waals surface area contributed by atoms with Gasteiger partial charge >= 0.3 is 0 Å². The Balaban J connectivity index is 2.04. The number of hydrogen-bond donors (Lipinski definition) is 2. The Labute approximate surface area is 150 Å². The van der Waals surface area contributed by atoms with E-state index in [1.807, 2.05) is 25.1 Å². The van der Waals surface area contributed by atoms with Gasteiger partial charge in [0.15, 0.2) is 11.5 Å². The number of nitrogens with one attached hydrogen (secondary N) is 2. The van der Waals surface area contributed by atoms with Gasteiger partial charge < -0.3 is 24.8 Å². The van der Waals surface area contributed by atoms with Crippen molar-refractivity contribution in [2.45, 2.75) is 45.7 Å². The Morgan fingerprint density at radius 2 is 2.00 bits per heavy atom. The molecule has 1 aliphatic heterocycles. The fourth-order valence-electron chi connectivity index (χ4n) is 2.58. The van der Waals surface area contributed by atoms with E-state index < -0.39 is 0 Å². The third-order valence-electron chi connectivity index (χ3n) is 3.99. The van der Waals surface area contributed by atoms with E-state index in [9.17, 15) is 4.79 Å². The number of carbonyl (C=O) groups excluding carboxylic acids is 1. The molecule has 0 aromatic heterocycles. The molecule has 1 amide bonds. The number of morpholine rings is 1. The van der Waals surface area contributed by atoms with Gasteiger partial charge in [0.2, 0.25) is 5.91 Å². The molecule has 25 heavy (non-hydrogen) atoms. The van der Waals surface area contributed by atoms with Crippen molar-refractivity contribution in [3.8, 4) is 11.5 Å². The molecule has 1 aromatic carbocycles. The lowest BCUT2D eigenvalue weighted by Gasteiger charge is -2.25. The van der Waals surface area contributed by atoms with E-state index in [0.717, 1.165) is 29.9 Å². The molecule has 2 unspecified atom stereocenters. The van der Waals surface area contributed by atoms with Gasteiger partial charge in [-0.3, -0.25) is 4.79 Å². The minimum atomic E-state index is -0.292. The summed E-state index contributed by atoms with van der Waals surface area (Å²) in [6.07, 6.45) is 1.87. The number of hydrogen-bond acceptors (Lipinski definition) is 5. The van der Waals surface area contributed by atoms with Crippen LogP contribution in [-0.2, 0) is 9.53 Å². The summed E-state index contributed by atoms with van der Waals surface area (Å²) in [6.45, 7) is 9.15. The smallest absolute Gasteiger partial charge is 0.240 e. The highest BCUT2D eigenvalue weighted by molar-refractivity contribution is 5.82. The van der Waals surface area contributed by atoms with Gasteiger partial charge in [0.25, 0.3) is 0 Å². The van der Waals surface area contributed by atoms with Crippen molar-refractivity contribution in [2.24, 2.45) is 0 Å². The number of benzene rings is 1. The lowest BCUT2D eigenvalue weighted by atomic mass is 10.1. The molecule has 2 N–H and O–H groups in total. The standard InChI is InChI=1S/C19H30N2O4/c1-4-9-24-17-7-6-15(12-18(17)25-10-5-2)14(3)21-19(22)16-13-23-11-8-20-16/h6-7,12,14,16,20H,4-5,8-11,13H2,1-3H3,(H,21,22). The van der Waals surface area contributed by atoms with Gasteiger partial charge in [-0.2, -0.15) is 0 Å². The summed E-state index contributed by atoms with van der Waals surface area (Å²) in [7, 11) is 0. The molecule has 0 aliphatic carbocycles. The van der Waals surface area contributed by atoms with E-state index in [2.05, 4.69) is 24.5 Å². The highest BCUT2D eigenvalue weighted by Gasteiger charge is 2.23. The number of rotatable bonds is 9. The van der Waals surface area contributed by atoms with Gasteiger partial charge in [0.1, 0.15) is 6.04 Å². The van der Waals surface area contributed by atoms with Crippen LogP contribution in [0, 0.1) is 0 Å². The largest absolute Gasteiger partial charge is 0.490 e. The molecule has 0 saturated carbocycles. The van der Waals surface area contributed by atoms with E-state index in [1.54, 1.807) is 0 Å². The third-order valence-corrected chi connectivity index (χ3v) is 3.99. The first-order valence-corrected chi connectivity index (χ1v) is 9.16. The Kier molecular flexibility index (Phi) is 8.01. The molecule has 2 atom stereocenters. The first-order chi connectivity index (χ1) is 12.2. The van der Waals surface area contributed by atoms with Crippen LogP contribution in [-0.4, -0.2) is 44.9 Å². The predicted octanol–water partition coefficient (Wildman–Crippen LogP) is 2.43. The molecule has 6 nitrogen and oxygen atoms in total. The molecule has 0 bridgehead atoms. The molecule has 2 rings (SSSR count). The fourth-order valence-corrected chi connectivity index (χ4v) is 2.58. The van der Waals surface area contributed by atoms with E-state index in [1.165, 1.54) is 0 Å². The SMILES string of the molecule is CCCOc1ccc(C(C)NC(=O)C2COCCN2)cc1OCCC. The Hall–Kier alpha value is -1.79. The zero-order chi connectivity index (χ0) is 18.1. The molecular formula is C19H30N2O4. The van der Waals surface area contributed by atoms with Gasteiger partial charge in [-0.25, -0.2) is 0 Å². The summed E-state index contributed by atoms with van der Waals surface area (Å²) >= 11 is 0.